The highest BCUT2D eigenvalue weighted by molar-refractivity contribution is 6.46. The largest absolute Gasteiger partial charge is 0.507 e. The molecule has 1 amide bonds. The number of aliphatic hydroxyl groups is 1. The van der Waals surface area contributed by atoms with Crippen molar-refractivity contribution in [2.45, 2.75) is 12.5 Å². The molecule has 9 heteroatoms. The second-order valence-electron chi connectivity index (χ2n) is 8.71. The fraction of sp³-hybridized carbons (Fsp3) is 0.385. The number of nitrogens with zero attached hydrogens (tertiary/aromatic N) is 2. The van der Waals surface area contributed by atoms with Crippen molar-refractivity contribution in [1.29, 1.82) is 0 Å². The van der Waals surface area contributed by atoms with Crippen LogP contribution >= 0.6 is 11.6 Å². The lowest BCUT2D eigenvalue weighted by atomic mass is 9.95. The number of halogens is 1. The van der Waals surface area contributed by atoms with Gasteiger partial charge in [-0.05, 0) is 42.3 Å². The van der Waals surface area contributed by atoms with Crippen LogP contribution in [0, 0.1) is 0 Å². The molecule has 0 radical (unpaired) electrons. The molecule has 2 aromatic rings. The van der Waals surface area contributed by atoms with E-state index in [-0.39, 0.29) is 11.3 Å². The highest BCUT2D eigenvalue weighted by Gasteiger charge is 2.45. The summed E-state index contributed by atoms with van der Waals surface area (Å²) in [6, 6.07) is 11.3. The number of rotatable bonds is 6. The van der Waals surface area contributed by atoms with Crippen LogP contribution in [0.1, 0.15) is 23.6 Å². The molecule has 184 valence electrons. The summed E-state index contributed by atoms with van der Waals surface area (Å²) in [5.41, 5.74) is 1.15. The fourth-order valence-electron chi connectivity index (χ4n) is 4.74. The van der Waals surface area contributed by atoms with Crippen molar-refractivity contribution in [3.8, 4) is 11.5 Å². The van der Waals surface area contributed by atoms with Crippen LogP contribution in [0.2, 0.25) is 5.02 Å². The average Bonchev–Trinajstić information content (AvgIpc) is 3.14. The number of benzene rings is 2. The van der Waals surface area contributed by atoms with Gasteiger partial charge in [-0.15, -0.1) is 0 Å². The molecule has 8 nitrogen and oxygen atoms in total. The molecular weight excluding hydrogens is 472 g/mol. The van der Waals surface area contributed by atoms with Gasteiger partial charge in [0.15, 0.2) is 11.5 Å². The van der Waals surface area contributed by atoms with Crippen molar-refractivity contribution in [2.24, 2.45) is 0 Å². The van der Waals surface area contributed by atoms with E-state index in [9.17, 15) is 14.7 Å². The first-order valence-electron chi connectivity index (χ1n) is 11.8. The predicted molar refractivity (Wildman–Crippen MR) is 130 cm³/mol. The highest BCUT2D eigenvalue weighted by atomic mass is 35.5. The Morgan fingerprint density at radius 3 is 2.40 bits per heavy atom. The third kappa shape index (κ3) is 4.87. The summed E-state index contributed by atoms with van der Waals surface area (Å²) in [7, 11) is 0. The van der Waals surface area contributed by atoms with E-state index < -0.39 is 17.7 Å². The van der Waals surface area contributed by atoms with E-state index in [1.807, 2.05) is 0 Å². The van der Waals surface area contributed by atoms with Gasteiger partial charge in [0.1, 0.15) is 19.0 Å². The summed E-state index contributed by atoms with van der Waals surface area (Å²) in [4.78, 5) is 30.2. The molecule has 0 bridgehead atoms. The summed E-state index contributed by atoms with van der Waals surface area (Å²) < 4.78 is 16.6. The molecule has 1 atom stereocenters. The summed E-state index contributed by atoms with van der Waals surface area (Å²) in [5, 5.41) is 11.8. The fourth-order valence-corrected chi connectivity index (χ4v) is 4.86. The number of ether oxygens (including phenoxy) is 3. The number of carbonyl (C=O) groups is 2. The third-order valence-electron chi connectivity index (χ3n) is 6.52. The number of fused-ring (bicyclic) bond motifs is 1. The topological polar surface area (TPSA) is 88.5 Å². The molecule has 3 aliphatic rings. The van der Waals surface area contributed by atoms with Crippen LogP contribution in [0.4, 0.5) is 0 Å². The van der Waals surface area contributed by atoms with E-state index in [2.05, 4.69) is 4.90 Å². The number of ketones is 1. The molecule has 35 heavy (non-hydrogen) atoms. The highest BCUT2D eigenvalue weighted by Crippen LogP contribution is 2.41. The van der Waals surface area contributed by atoms with Crippen LogP contribution in [0.15, 0.2) is 48.0 Å². The first kappa shape index (κ1) is 23.7. The number of amides is 1. The molecule has 0 aromatic heterocycles. The van der Waals surface area contributed by atoms with Crippen molar-refractivity contribution in [3.63, 3.8) is 0 Å². The molecule has 0 saturated carbocycles. The van der Waals surface area contributed by atoms with E-state index >= 15 is 0 Å². The second kappa shape index (κ2) is 10.3. The molecule has 2 fully saturated rings. The van der Waals surface area contributed by atoms with Crippen LogP contribution in [0.5, 0.6) is 11.5 Å². The minimum absolute atomic E-state index is 0.0559. The second-order valence-corrected chi connectivity index (χ2v) is 9.15. The van der Waals surface area contributed by atoms with Gasteiger partial charge in [-0.3, -0.25) is 14.5 Å². The van der Waals surface area contributed by atoms with Crippen LogP contribution in [-0.4, -0.2) is 79.2 Å². The summed E-state index contributed by atoms with van der Waals surface area (Å²) >= 11 is 6.09. The lowest BCUT2D eigenvalue weighted by Crippen LogP contribution is -2.38. The normalized spacial score (nSPS) is 22.0. The van der Waals surface area contributed by atoms with E-state index in [1.54, 1.807) is 47.4 Å². The van der Waals surface area contributed by atoms with Gasteiger partial charge in [-0.1, -0.05) is 23.7 Å². The smallest absolute Gasteiger partial charge is 0.295 e. The van der Waals surface area contributed by atoms with Crippen molar-refractivity contribution >= 4 is 29.1 Å². The summed E-state index contributed by atoms with van der Waals surface area (Å²) in [6.07, 6.45) is 0.696. The van der Waals surface area contributed by atoms with Crippen molar-refractivity contribution in [2.75, 3.05) is 52.6 Å². The Kier molecular flexibility index (Phi) is 6.95. The molecule has 3 aliphatic heterocycles. The van der Waals surface area contributed by atoms with E-state index in [4.69, 9.17) is 25.8 Å². The van der Waals surface area contributed by atoms with Gasteiger partial charge < -0.3 is 24.2 Å². The van der Waals surface area contributed by atoms with Gasteiger partial charge in [0, 0.05) is 36.8 Å². The van der Waals surface area contributed by atoms with Gasteiger partial charge in [0.2, 0.25) is 0 Å². The lowest BCUT2D eigenvalue weighted by Gasteiger charge is -2.29. The molecular formula is C26H27ClN2O6. The van der Waals surface area contributed by atoms with Crippen LogP contribution in [0.25, 0.3) is 5.76 Å². The zero-order chi connectivity index (χ0) is 24.4. The third-order valence-corrected chi connectivity index (χ3v) is 6.77. The van der Waals surface area contributed by atoms with Crippen molar-refractivity contribution < 1.29 is 28.9 Å². The number of morpholine rings is 1. The Bertz CT molecular complexity index is 1140. The standard InChI is InChI=1S/C26H27ClN2O6/c27-19-5-2-17(3-6-19)23-22(24(30)18-4-7-20-21(16-18)35-15-14-34-20)25(31)26(32)29(23)9-1-8-28-10-12-33-13-11-28/h2-7,16,23,30H,1,8-15H2/b24-22+/t23-/m1/s1. The predicted octanol–water partition coefficient (Wildman–Crippen LogP) is 3.26. The van der Waals surface area contributed by atoms with Crippen LogP contribution in [-0.2, 0) is 14.3 Å². The summed E-state index contributed by atoms with van der Waals surface area (Å²) in [6.45, 7) is 5.12. The Hall–Kier alpha value is -3.07. The van der Waals surface area contributed by atoms with E-state index in [0.29, 0.717) is 67.0 Å². The van der Waals surface area contributed by atoms with E-state index in [0.717, 1.165) is 19.6 Å². The van der Waals surface area contributed by atoms with Gasteiger partial charge in [-0.2, -0.15) is 0 Å². The van der Waals surface area contributed by atoms with Gasteiger partial charge in [-0.25, -0.2) is 0 Å². The molecule has 1 N–H and O–H groups in total. The van der Waals surface area contributed by atoms with E-state index in [1.165, 1.54) is 0 Å². The first-order chi connectivity index (χ1) is 17.0. The maximum Gasteiger partial charge on any atom is 0.295 e. The first-order valence-corrected chi connectivity index (χ1v) is 12.1. The Morgan fingerprint density at radius 1 is 0.943 bits per heavy atom. The van der Waals surface area contributed by atoms with Gasteiger partial charge >= 0.3 is 0 Å². The number of carbonyl (C=O) groups excluding carboxylic acids is 2. The molecule has 5 rings (SSSR count). The molecule has 2 saturated heterocycles. The monoisotopic (exact) mass is 498 g/mol. The van der Waals surface area contributed by atoms with Gasteiger partial charge in [0.25, 0.3) is 11.7 Å². The molecule has 0 spiro atoms. The minimum atomic E-state index is -0.717. The maximum absolute atomic E-state index is 13.2. The molecule has 2 aromatic carbocycles. The number of likely N-dealkylation sites (tertiary alicyclic amines) is 1. The Morgan fingerprint density at radius 2 is 1.66 bits per heavy atom. The molecule has 0 aliphatic carbocycles. The van der Waals surface area contributed by atoms with Crippen molar-refractivity contribution in [3.05, 3.63) is 64.2 Å². The lowest BCUT2D eigenvalue weighted by molar-refractivity contribution is -0.140. The van der Waals surface area contributed by atoms with Crippen molar-refractivity contribution in [1.82, 2.24) is 9.80 Å². The Balaban J connectivity index is 1.48. The van der Waals surface area contributed by atoms with Crippen LogP contribution < -0.4 is 9.47 Å². The quantitative estimate of drug-likeness (QED) is 0.371. The number of hydrogen-bond acceptors (Lipinski definition) is 7. The summed E-state index contributed by atoms with van der Waals surface area (Å²) in [5.74, 6) is -0.501. The maximum atomic E-state index is 13.2. The molecule has 0 unspecified atom stereocenters. The number of Topliss-reactive ketones (excluding diaryl/α,β-unsaturated/α-hetero) is 1. The Labute approximate surface area is 208 Å². The van der Waals surface area contributed by atoms with Gasteiger partial charge in [0.05, 0.1) is 24.8 Å². The number of aliphatic hydroxyl groups excluding tert-OH is 1. The molecule has 3 heterocycles. The van der Waals surface area contributed by atoms with Crippen LogP contribution in [0.3, 0.4) is 0 Å². The zero-order valence-electron chi connectivity index (χ0n) is 19.2. The minimum Gasteiger partial charge on any atom is -0.507 e. The zero-order valence-corrected chi connectivity index (χ0v) is 20.0. The number of hydrogen-bond donors (Lipinski definition) is 1. The average molecular weight is 499 g/mol. The SMILES string of the molecule is O=C1C(=O)N(CCCN2CCOCC2)[C@H](c2ccc(Cl)cc2)/C1=C(\O)c1ccc2c(c1)OCCO2.